The fourth-order valence-corrected chi connectivity index (χ4v) is 0.968. The van der Waals surface area contributed by atoms with Crippen molar-refractivity contribution in [1.29, 1.82) is 0 Å². The molecule has 0 saturated heterocycles. The molecule has 0 saturated carbocycles. The topological polar surface area (TPSA) is 33.2 Å². The number of hydrogen-bond donors (Lipinski definition) is 2. The Kier molecular flexibility index (Phi) is 8.85. The van der Waals surface area contributed by atoms with E-state index in [1.54, 1.807) is 0 Å². The lowest BCUT2D eigenvalue weighted by Gasteiger charge is -1.97. The van der Waals surface area contributed by atoms with Gasteiger partial charge in [0.25, 0.3) is 0 Å². The van der Waals surface area contributed by atoms with E-state index in [1.807, 2.05) is 0 Å². The van der Waals surface area contributed by atoms with Gasteiger partial charge in [-0.1, -0.05) is 13.3 Å². The Hall–Kier alpha value is -0.0800. The van der Waals surface area contributed by atoms with Crippen LogP contribution in [0.4, 0.5) is 0 Å². The normalized spacial score (nSPS) is 10.2. The Bertz CT molecular complexity index is 47.2. The quantitative estimate of drug-likeness (QED) is 0.429. The highest BCUT2D eigenvalue weighted by molar-refractivity contribution is 4.31. The molecule has 0 aromatic heterocycles. The van der Waals surface area contributed by atoms with Crippen molar-refractivity contribution in [1.82, 2.24) is 0 Å². The fourth-order valence-electron chi connectivity index (χ4n) is 0.968. The first-order chi connectivity index (χ1) is 4.91. The Morgan fingerprint density at radius 1 is 1.00 bits per heavy atom. The van der Waals surface area contributed by atoms with Crippen LogP contribution in [0, 0.1) is 0 Å². The van der Waals surface area contributed by atoms with E-state index in [2.05, 4.69) is 24.6 Å². The monoisotopic (exact) mass is 146 g/mol. The lowest BCUT2D eigenvalue weighted by molar-refractivity contribution is -0.712. The third-order valence-corrected chi connectivity index (χ3v) is 1.67. The minimum atomic E-state index is 1.26. The highest BCUT2D eigenvalue weighted by atomic mass is 14.9. The van der Waals surface area contributed by atoms with E-state index in [1.165, 1.54) is 38.9 Å². The van der Waals surface area contributed by atoms with Crippen LogP contribution in [0.5, 0.6) is 0 Å². The highest BCUT2D eigenvalue weighted by Crippen LogP contribution is 1.88. The summed E-state index contributed by atoms with van der Waals surface area (Å²) in [4.78, 5) is 0. The van der Waals surface area contributed by atoms with Crippen molar-refractivity contribution < 1.29 is 10.6 Å². The zero-order valence-electron chi connectivity index (χ0n) is 7.40. The zero-order valence-corrected chi connectivity index (χ0v) is 7.40. The van der Waals surface area contributed by atoms with Gasteiger partial charge in [-0.15, -0.1) is 0 Å². The van der Waals surface area contributed by atoms with E-state index in [-0.39, 0.29) is 0 Å². The van der Waals surface area contributed by atoms with Gasteiger partial charge in [-0.25, -0.2) is 0 Å². The molecule has 0 bridgehead atoms. The van der Waals surface area contributed by atoms with Crippen LogP contribution < -0.4 is 10.6 Å². The summed E-state index contributed by atoms with van der Waals surface area (Å²) in [7, 11) is 2.12. The maximum Gasteiger partial charge on any atom is 0.125 e. The van der Waals surface area contributed by atoms with Crippen LogP contribution in [-0.4, -0.2) is 26.7 Å². The highest BCUT2D eigenvalue weighted by Gasteiger charge is 1.89. The Labute approximate surface area is 64.4 Å². The van der Waals surface area contributed by atoms with Crippen molar-refractivity contribution >= 4 is 0 Å². The van der Waals surface area contributed by atoms with E-state index in [0.717, 1.165) is 0 Å². The van der Waals surface area contributed by atoms with Gasteiger partial charge in [0.2, 0.25) is 0 Å². The molecule has 0 unspecified atom stereocenters. The van der Waals surface area contributed by atoms with Crippen molar-refractivity contribution in [3.05, 3.63) is 0 Å². The number of rotatable bonds is 7. The Morgan fingerprint density at radius 3 is 2.40 bits per heavy atom. The number of quaternary nitrogens is 2. The molecule has 0 atom stereocenters. The van der Waals surface area contributed by atoms with Gasteiger partial charge in [0.15, 0.2) is 0 Å². The zero-order chi connectivity index (χ0) is 7.66. The summed E-state index contributed by atoms with van der Waals surface area (Å²) in [6.07, 6.45) is 4.13. The first kappa shape index (κ1) is 9.92. The first-order valence-electron chi connectivity index (χ1n) is 4.51. The lowest BCUT2D eigenvalue weighted by Crippen LogP contribution is -2.93. The molecule has 0 aromatic rings. The number of nitrogens with two attached hydrogens (primary N) is 2. The van der Waals surface area contributed by atoms with Gasteiger partial charge in [0.05, 0.1) is 13.6 Å². The first-order valence-corrected chi connectivity index (χ1v) is 4.51. The molecule has 0 spiro atoms. The van der Waals surface area contributed by atoms with E-state index in [4.69, 9.17) is 0 Å². The molecule has 2 nitrogen and oxygen atoms in total. The molecule has 0 aromatic carbocycles. The number of unbranched alkanes of at least 4 members (excludes halogenated alkanes) is 2. The van der Waals surface area contributed by atoms with Crippen molar-refractivity contribution in [3.8, 4) is 0 Å². The van der Waals surface area contributed by atoms with Crippen molar-refractivity contribution in [2.45, 2.75) is 26.2 Å². The predicted octanol–water partition coefficient (Wildman–Crippen LogP) is -1.07. The second-order valence-corrected chi connectivity index (χ2v) is 2.77. The summed E-state index contributed by atoms with van der Waals surface area (Å²) in [6, 6.07) is 0. The molecular formula is C8H22N2+2. The average molecular weight is 146 g/mol. The van der Waals surface area contributed by atoms with Gasteiger partial charge < -0.3 is 10.6 Å². The van der Waals surface area contributed by atoms with Crippen LogP contribution >= 0.6 is 0 Å². The molecule has 0 amide bonds. The third-order valence-electron chi connectivity index (χ3n) is 1.67. The SMILES string of the molecule is CCCCC[NH2+]CC[NH2+]C. The van der Waals surface area contributed by atoms with Gasteiger partial charge in [-0.3, -0.25) is 0 Å². The average Bonchev–Trinajstić information content (AvgIpc) is 1.97. The maximum atomic E-state index is 2.41. The smallest absolute Gasteiger partial charge is 0.125 e. The van der Waals surface area contributed by atoms with Crippen LogP contribution in [0.25, 0.3) is 0 Å². The summed E-state index contributed by atoms with van der Waals surface area (Å²) in [5.41, 5.74) is 0. The fraction of sp³-hybridized carbons (Fsp3) is 1.00. The maximum absolute atomic E-state index is 2.41. The lowest BCUT2D eigenvalue weighted by atomic mass is 10.2. The standard InChI is InChI=1S/C8H20N2/c1-3-4-5-6-10-8-7-9-2/h9-10H,3-8H2,1-2H3/p+2. The molecule has 0 heterocycles. The summed E-state index contributed by atoms with van der Waals surface area (Å²) in [5.74, 6) is 0. The van der Waals surface area contributed by atoms with Crippen LogP contribution in [-0.2, 0) is 0 Å². The summed E-state index contributed by atoms with van der Waals surface area (Å²) < 4.78 is 0. The van der Waals surface area contributed by atoms with Gasteiger partial charge in [0, 0.05) is 0 Å². The van der Waals surface area contributed by atoms with Crippen molar-refractivity contribution in [3.63, 3.8) is 0 Å². The number of likely N-dealkylation sites (N-methyl/N-ethyl adjacent to an activating group) is 1. The molecule has 0 aliphatic heterocycles. The van der Waals surface area contributed by atoms with E-state index in [0.29, 0.717) is 0 Å². The molecule has 10 heavy (non-hydrogen) atoms. The van der Waals surface area contributed by atoms with Gasteiger partial charge >= 0.3 is 0 Å². The molecule has 62 valence electrons. The molecular weight excluding hydrogens is 124 g/mol. The van der Waals surface area contributed by atoms with Crippen LogP contribution in [0.15, 0.2) is 0 Å². The van der Waals surface area contributed by atoms with Crippen LogP contribution in [0.2, 0.25) is 0 Å². The van der Waals surface area contributed by atoms with Crippen LogP contribution in [0.3, 0.4) is 0 Å². The molecule has 4 N–H and O–H groups in total. The van der Waals surface area contributed by atoms with E-state index >= 15 is 0 Å². The Balaban J connectivity index is 2.65. The number of hydrogen-bond acceptors (Lipinski definition) is 0. The third kappa shape index (κ3) is 7.92. The molecule has 2 heteroatoms. The minimum Gasteiger partial charge on any atom is -0.344 e. The minimum absolute atomic E-state index is 1.26. The van der Waals surface area contributed by atoms with Crippen molar-refractivity contribution in [2.24, 2.45) is 0 Å². The van der Waals surface area contributed by atoms with Gasteiger partial charge in [-0.2, -0.15) is 0 Å². The molecule has 0 aliphatic carbocycles. The summed E-state index contributed by atoms with van der Waals surface area (Å²) >= 11 is 0. The van der Waals surface area contributed by atoms with E-state index < -0.39 is 0 Å². The second-order valence-electron chi connectivity index (χ2n) is 2.77. The largest absolute Gasteiger partial charge is 0.344 e. The van der Waals surface area contributed by atoms with E-state index in [9.17, 15) is 0 Å². The summed E-state index contributed by atoms with van der Waals surface area (Å²) in [6.45, 7) is 6.10. The molecule has 0 fully saturated rings. The molecule has 0 rings (SSSR count). The Morgan fingerprint density at radius 2 is 1.80 bits per heavy atom. The predicted molar refractivity (Wildman–Crippen MR) is 43.9 cm³/mol. The molecule has 0 aliphatic rings. The van der Waals surface area contributed by atoms with Crippen LogP contribution in [0.1, 0.15) is 26.2 Å². The van der Waals surface area contributed by atoms with Gasteiger partial charge in [-0.05, 0) is 12.8 Å². The van der Waals surface area contributed by atoms with Crippen molar-refractivity contribution in [2.75, 3.05) is 26.7 Å². The molecule has 0 radical (unpaired) electrons. The second kappa shape index (κ2) is 8.92. The van der Waals surface area contributed by atoms with Gasteiger partial charge in [0.1, 0.15) is 13.1 Å². The summed E-state index contributed by atoms with van der Waals surface area (Å²) in [5, 5.41) is 4.64.